The Bertz CT molecular complexity index is 1620. The Morgan fingerprint density at radius 1 is 0.269 bits per heavy atom. The van der Waals surface area contributed by atoms with Crippen molar-refractivity contribution in [3.63, 3.8) is 0 Å². The van der Waals surface area contributed by atoms with E-state index in [1.165, 1.54) is 116 Å². The lowest BCUT2D eigenvalue weighted by molar-refractivity contribution is -0.167. The summed E-state index contributed by atoms with van der Waals surface area (Å²) in [5, 5.41) is 0. The SMILES string of the molecule is CC/C=C\C/C=C\C/C=C\C/C=C\C/C=C\C/C=C\C/C=C\C/C=C\C/C=C\CCCCCC(=O)OCC(COC(=O)CCCCCCC/C=C\CCC)OC(=O)CCCCCCCCCCCCCCCCCCCCC. The Kier molecular flexibility index (Phi) is 61.8. The molecular weight excluding hydrogens is 961 g/mol. The van der Waals surface area contributed by atoms with Crippen molar-refractivity contribution in [2.75, 3.05) is 13.2 Å². The van der Waals surface area contributed by atoms with Crippen LogP contribution in [0.2, 0.25) is 0 Å². The van der Waals surface area contributed by atoms with E-state index in [1.54, 1.807) is 0 Å². The number of ether oxygens (including phenoxy) is 3. The lowest BCUT2D eigenvalue weighted by Crippen LogP contribution is -2.30. The van der Waals surface area contributed by atoms with Crippen LogP contribution in [0.4, 0.5) is 0 Å². The van der Waals surface area contributed by atoms with Gasteiger partial charge in [-0.1, -0.05) is 290 Å². The first-order valence-electron chi connectivity index (χ1n) is 32.5. The minimum Gasteiger partial charge on any atom is -0.462 e. The summed E-state index contributed by atoms with van der Waals surface area (Å²) < 4.78 is 16.9. The predicted molar refractivity (Wildman–Crippen MR) is 339 cm³/mol. The lowest BCUT2D eigenvalue weighted by Gasteiger charge is -2.18. The number of carbonyl (C=O) groups is 3. The molecule has 0 saturated carbocycles. The van der Waals surface area contributed by atoms with Gasteiger partial charge in [-0.05, 0) is 109 Å². The van der Waals surface area contributed by atoms with E-state index in [0.717, 1.165) is 141 Å². The first-order chi connectivity index (χ1) is 38.5. The zero-order valence-electron chi connectivity index (χ0n) is 50.9. The van der Waals surface area contributed by atoms with Gasteiger partial charge in [-0.3, -0.25) is 14.4 Å². The van der Waals surface area contributed by atoms with Gasteiger partial charge in [0.25, 0.3) is 0 Å². The fraction of sp³-hybridized carbons (Fsp3) is 0.681. The summed E-state index contributed by atoms with van der Waals surface area (Å²) in [5.41, 5.74) is 0. The molecule has 1 atom stereocenters. The van der Waals surface area contributed by atoms with Gasteiger partial charge in [0, 0.05) is 19.3 Å². The highest BCUT2D eigenvalue weighted by Crippen LogP contribution is 2.16. The summed E-state index contributed by atoms with van der Waals surface area (Å²) in [4.78, 5) is 38.2. The summed E-state index contributed by atoms with van der Waals surface area (Å²) in [6.07, 6.45) is 90.8. The minimum atomic E-state index is -0.796. The van der Waals surface area contributed by atoms with Crippen molar-refractivity contribution in [1.82, 2.24) is 0 Å². The highest BCUT2D eigenvalue weighted by molar-refractivity contribution is 5.71. The standard InChI is InChI=1S/C72H120O6/c1-4-7-10-13-16-19-22-24-26-28-30-31-32-33-34-35-36-37-38-39-40-41-43-44-46-48-50-53-56-59-62-65-71(74)77-68-69(67-76-70(73)64-61-58-55-52-21-18-15-12-9-6-3)78-72(75)66-63-60-57-54-51-49-47-45-42-29-27-25-23-20-17-14-11-8-5-2/h7,10,12,15-16,19,24,26,30-31,33-34,36-37,39-40,43-44,48,50,69H,4-6,8-9,11,13-14,17-18,20-23,25,27-29,32,35,38,41-42,45-47,49,51-68H2,1-3H3/b10-7-,15-12-,19-16-,26-24-,31-30-,34-33-,37-36-,40-39-,44-43-,50-48-. The Hall–Kier alpha value is -4.19. The van der Waals surface area contributed by atoms with Crippen molar-refractivity contribution >= 4 is 17.9 Å². The Labute approximate surface area is 482 Å². The van der Waals surface area contributed by atoms with Gasteiger partial charge in [-0.15, -0.1) is 0 Å². The molecule has 0 aromatic heterocycles. The van der Waals surface area contributed by atoms with Crippen LogP contribution < -0.4 is 0 Å². The maximum atomic E-state index is 12.9. The molecule has 1 unspecified atom stereocenters. The van der Waals surface area contributed by atoms with Crippen LogP contribution in [0.1, 0.15) is 297 Å². The molecule has 0 N–H and O–H groups in total. The summed E-state index contributed by atoms with van der Waals surface area (Å²) in [7, 11) is 0. The Morgan fingerprint density at radius 3 is 0.859 bits per heavy atom. The van der Waals surface area contributed by atoms with Crippen LogP contribution in [-0.2, 0) is 28.6 Å². The Balaban J connectivity index is 4.31. The minimum absolute atomic E-state index is 0.0928. The predicted octanol–water partition coefficient (Wildman–Crippen LogP) is 22.4. The molecule has 0 amide bonds. The molecule has 6 heteroatoms. The van der Waals surface area contributed by atoms with Gasteiger partial charge in [0.2, 0.25) is 0 Å². The molecule has 0 saturated heterocycles. The number of hydrogen-bond acceptors (Lipinski definition) is 6. The van der Waals surface area contributed by atoms with Crippen molar-refractivity contribution in [3.8, 4) is 0 Å². The van der Waals surface area contributed by atoms with Crippen molar-refractivity contribution in [1.29, 1.82) is 0 Å². The topological polar surface area (TPSA) is 78.9 Å². The summed E-state index contributed by atoms with van der Waals surface area (Å²) in [6.45, 7) is 6.45. The highest BCUT2D eigenvalue weighted by atomic mass is 16.6. The molecule has 0 aromatic carbocycles. The molecule has 0 aliphatic carbocycles. The van der Waals surface area contributed by atoms with Crippen molar-refractivity contribution in [2.45, 2.75) is 303 Å². The van der Waals surface area contributed by atoms with E-state index < -0.39 is 6.10 Å². The van der Waals surface area contributed by atoms with E-state index in [9.17, 15) is 14.4 Å². The van der Waals surface area contributed by atoms with E-state index in [1.807, 2.05) is 0 Å². The maximum Gasteiger partial charge on any atom is 0.306 e. The number of rotatable bonds is 58. The zero-order valence-corrected chi connectivity index (χ0v) is 50.9. The molecule has 0 fully saturated rings. The van der Waals surface area contributed by atoms with E-state index >= 15 is 0 Å². The molecule has 0 bridgehead atoms. The van der Waals surface area contributed by atoms with E-state index in [0.29, 0.717) is 19.3 Å². The third-order valence-electron chi connectivity index (χ3n) is 13.7. The molecule has 0 radical (unpaired) electrons. The average molecular weight is 1080 g/mol. The molecule has 0 rings (SSSR count). The van der Waals surface area contributed by atoms with Crippen LogP contribution in [0.3, 0.4) is 0 Å². The molecule has 0 aliphatic rings. The number of esters is 3. The van der Waals surface area contributed by atoms with Gasteiger partial charge in [-0.2, -0.15) is 0 Å². The first kappa shape index (κ1) is 73.8. The number of allylic oxidation sites excluding steroid dienone is 20. The van der Waals surface area contributed by atoms with Gasteiger partial charge in [0.05, 0.1) is 0 Å². The van der Waals surface area contributed by atoms with Crippen LogP contribution in [0.25, 0.3) is 0 Å². The number of unbranched alkanes of at least 4 members (excludes halogenated alkanes) is 27. The molecular formula is C72H120O6. The van der Waals surface area contributed by atoms with Crippen LogP contribution in [-0.4, -0.2) is 37.2 Å². The lowest BCUT2D eigenvalue weighted by atomic mass is 10.0. The second-order valence-corrected chi connectivity index (χ2v) is 21.3. The number of carbonyl (C=O) groups excluding carboxylic acids is 3. The van der Waals surface area contributed by atoms with Gasteiger partial charge >= 0.3 is 17.9 Å². The van der Waals surface area contributed by atoms with Gasteiger partial charge in [0.1, 0.15) is 13.2 Å². The smallest absolute Gasteiger partial charge is 0.306 e. The average Bonchev–Trinajstić information content (AvgIpc) is 3.44. The molecule has 0 spiro atoms. The quantitative estimate of drug-likeness (QED) is 0.0261. The van der Waals surface area contributed by atoms with Crippen molar-refractivity contribution in [2.24, 2.45) is 0 Å². The molecule has 0 aromatic rings. The molecule has 0 heterocycles. The summed E-state index contributed by atoms with van der Waals surface area (Å²) in [6, 6.07) is 0. The van der Waals surface area contributed by atoms with Crippen LogP contribution in [0.15, 0.2) is 122 Å². The van der Waals surface area contributed by atoms with Crippen molar-refractivity contribution in [3.05, 3.63) is 122 Å². The fourth-order valence-electron chi connectivity index (χ4n) is 8.85. The third-order valence-corrected chi connectivity index (χ3v) is 13.7. The first-order valence-corrected chi connectivity index (χ1v) is 32.5. The molecule has 78 heavy (non-hydrogen) atoms. The van der Waals surface area contributed by atoms with Crippen LogP contribution in [0.5, 0.6) is 0 Å². The summed E-state index contributed by atoms with van der Waals surface area (Å²) >= 11 is 0. The largest absolute Gasteiger partial charge is 0.462 e. The van der Waals surface area contributed by atoms with Gasteiger partial charge in [-0.25, -0.2) is 0 Å². The molecule has 444 valence electrons. The Morgan fingerprint density at radius 2 is 0.526 bits per heavy atom. The normalized spacial score (nSPS) is 12.9. The monoisotopic (exact) mass is 1080 g/mol. The second-order valence-electron chi connectivity index (χ2n) is 21.3. The molecule has 6 nitrogen and oxygen atoms in total. The van der Waals surface area contributed by atoms with E-state index in [4.69, 9.17) is 14.2 Å². The van der Waals surface area contributed by atoms with Crippen LogP contribution in [0, 0.1) is 0 Å². The highest BCUT2D eigenvalue weighted by Gasteiger charge is 2.19. The third kappa shape index (κ3) is 62.7. The number of hydrogen-bond donors (Lipinski definition) is 0. The van der Waals surface area contributed by atoms with E-state index in [-0.39, 0.29) is 31.1 Å². The summed E-state index contributed by atoms with van der Waals surface area (Å²) in [5.74, 6) is -0.930. The maximum absolute atomic E-state index is 12.9. The fourth-order valence-corrected chi connectivity index (χ4v) is 8.85. The molecule has 0 aliphatic heterocycles. The second kappa shape index (κ2) is 65.3. The van der Waals surface area contributed by atoms with Crippen LogP contribution >= 0.6 is 0 Å². The van der Waals surface area contributed by atoms with Gasteiger partial charge in [0.15, 0.2) is 6.10 Å². The van der Waals surface area contributed by atoms with Gasteiger partial charge < -0.3 is 14.2 Å². The zero-order chi connectivity index (χ0) is 56.4. The van der Waals surface area contributed by atoms with E-state index in [2.05, 4.69) is 142 Å². The van der Waals surface area contributed by atoms with Crippen molar-refractivity contribution < 1.29 is 28.6 Å².